The van der Waals surface area contributed by atoms with Crippen LogP contribution < -0.4 is 0 Å². The maximum absolute atomic E-state index is 12.5. The van der Waals surface area contributed by atoms with Gasteiger partial charge in [0.15, 0.2) is 6.10 Å². The van der Waals surface area contributed by atoms with Gasteiger partial charge in [0.05, 0.1) is 6.61 Å². The van der Waals surface area contributed by atoms with E-state index in [-0.39, 0.29) is 19.4 Å². The maximum atomic E-state index is 12.5. The molecule has 0 radical (unpaired) electrons. The molecule has 0 aromatic rings. The first-order chi connectivity index (χ1) is 26.3. The number of carbonyl (C=O) groups excluding carboxylic acids is 2. The first kappa shape index (κ1) is 51.5. The number of allylic oxidation sites excluding steroid dienone is 12. The Balaban J connectivity index is 4.14. The molecule has 0 aliphatic rings. The highest BCUT2D eigenvalue weighted by molar-refractivity contribution is 7.47. The van der Waals surface area contributed by atoms with Crippen LogP contribution in [0.15, 0.2) is 72.9 Å². The second kappa shape index (κ2) is 40.2. The fourth-order valence-electron chi connectivity index (χ4n) is 5.51. The lowest BCUT2D eigenvalue weighted by atomic mass is 10.0. The van der Waals surface area contributed by atoms with Crippen LogP contribution in [0.5, 0.6) is 0 Å². The molecule has 0 aliphatic carbocycles. The minimum absolute atomic E-state index is 0.118. The molecule has 54 heavy (non-hydrogen) atoms. The molecule has 1 N–H and O–H groups in total. The predicted molar refractivity (Wildman–Crippen MR) is 225 cm³/mol. The summed E-state index contributed by atoms with van der Waals surface area (Å²) in [7, 11) is -3.24. The third-order valence-electron chi connectivity index (χ3n) is 8.73. The summed E-state index contributed by atoms with van der Waals surface area (Å²) in [6, 6.07) is 0. The van der Waals surface area contributed by atoms with E-state index in [2.05, 4.69) is 79.1 Å². The fourth-order valence-corrected chi connectivity index (χ4v) is 5.97. The van der Waals surface area contributed by atoms with Gasteiger partial charge in [0.1, 0.15) is 6.61 Å². The summed E-state index contributed by atoms with van der Waals surface area (Å²) in [6.45, 7) is 3.71. The molecule has 9 heteroatoms. The van der Waals surface area contributed by atoms with E-state index in [0.29, 0.717) is 6.42 Å². The van der Waals surface area contributed by atoms with Crippen molar-refractivity contribution in [3.8, 4) is 0 Å². The zero-order valence-electron chi connectivity index (χ0n) is 34.3. The number of unbranched alkanes of at least 4 members (excludes halogenated alkanes) is 15. The second-order valence-corrected chi connectivity index (χ2v) is 15.3. The van der Waals surface area contributed by atoms with Gasteiger partial charge < -0.3 is 14.4 Å². The summed E-state index contributed by atoms with van der Waals surface area (Å²) in [5.41, 5.74) is 0. The predicted octanol–water partition coefficient (Wildman–Crippen LogP) is 13.3. The van der Waals surface area contributed by atoms with Crippen molar-refractivity contribution in [3.63, 3.8) is 0 Å². The van der Waals surface area contributed by atoms with E-state index in [1.807, 2.05) is 12.2 Å². The Labute approximate surface area is 330 Å². The topological polar surface area (TPSA) is 108 Å². The molecule has 0 saturated carbocycles. The number of hydrogen-bond acceptors (Lipinski definition) is 7. The van der Waals surface area contributed by atoms with Gasteiger partial charge in [-0.05, 0) is 51.4 Å². The highest BCUT2D eigenvalue weighted by Crippen LogP contribution is 2.42. The summed E-state index contributed by atoms with van der Waals surface area (Å²) in [4.78, 5) is 34.4. The van der Waals surface area contributed by atoms with Crippen molar-refractivity contribution in [2.75, 3.05) is 20.3 Å². The van der Waals surface area contributed by atoms with Gasteiger partial charge in [0, 0.05) is 20.0 Å². The van der Waals surface area contributed by atoms with Gasteiger partial charge in [-0.15, -0.1) is 0 Å². The van der Waals surface area contributed by atoms with Crippen LogP contribution in [0, 0.1) is 0 Å². The van der Waals surface area contributed by atoms with E-state index in [1.165, 1.54) is 83.5 Å². The maximum Gasteiger partial charge on any atom is 0.472 e. The van der Waals surface area contributed by atoms with E-state index in [0.717, 1.165) is 64.9 Å². The number of esters is 2. The molecule has 0 aliphatic heterocycles. The van der Waals surface area contributed by atoms with Crippen LogP contribution in [0.3, 0.4) is 0 Å². The minimum atomic E-state index is -4.28. The van der Waals surface area contributed by atoms with Gasteiger partial charge in [-0.25, -0.2) is 4.57 Å². The fraction of sp³-hybridized carbons (Fsp3) is 0.689. The van der Waals surface area contributed by atoms with Crippen molar-refractivity contribution in [2.24, 2.45) is 0 Å². The molecule has 2 unspecified atom stereocenters. The normalized spacial score (nSPS) is 14.1. The zero-order chi connectivity index (χ0) is 39.6. The molecule has 0 aromatic heterocycles. The molecule has 0 spiro atoms. The average Bonchev–Trinajstić information content (AvgIpc) is 3.16. The van der Waals surface area contributed by atoms with Crippen molar-refractivity contribution >= 4 is 19.8 Å². The lowest BCUT2D eigenvalue weighted by Crippen LogP contribution is -2.29. The van der Waals surface area contributed by atoms with E-state index in [1.54, 1.807) is 0 Å². The lowest BCUT2D eigenvalue weighted by Gasteiger charge is -2.19. The monoisotopic (exact) mass is 777 g/mol. The molecule has 0 heterocycles. The van der Waals surface area contributed by atoms with Crippen LogP contribution in [0.25, 0.3) is 0 Å². The largest absolute Gasteiger partial charge is 0.472 e. The first-order valence-electron chi connectivity index (χ1n) is 21.1. The number of phosphoric ester groups is 1. The molecule has 0 bridgehead atoms. The molecule has 8 nitrogen and oxygen atoms in total. The molecule has 2 atom stereocenters. The van der Waals surface area contributed by atoms with Crippen molar-refractivity contribution in [3.05, 3.63) is 72.9 Å². The number of phosphoric acid groups is 1. The van der Waals surface area contributed by atoms with E-state index < -0.39 is 32.5 Å². The van der Waals surface area contributed by atoms with Crippen LogP contribution >= 0.6 is 7.82 Å². The molecule has 0 saturated heterocycles. The van der Waals surface area contributed by atoms with Gasteiger partial charge in [0.2, 0.25) is 0 Å². The van der Waals surface area contributed by atoms with Gasteiger partial charge in [0.25, 0.3) is 0 Å². The molecule has 0 rings (SSSR count). The molecular formula is C45H77O8P. The molecular weight excluding hydrogens is 699 g/mol. The Kier molecular flexibility index (Phi) is 38.3. The van der Waals surface area contributed by atoms with Crippen LogP contribution in [0.1, 0.15) is 174 Å². The molecule has 0 fully saturated rings. The average molecular weight is 777 g/mol. The van der Waals surface area contributed by atoms with Crippen LogP contribution in [-0.2, 0) is 32.7 Å². The number of hydrogen-bond donors (Lipinski definition) is 1. The van der Waals surface area contributed by atoms with E-state index in [9.17, 15) is 19.0 Å². The second-order valence-electron chi connectivity index (χ2n) is 13.7. The molecule has 0 amide bonds. The van der Waals surface area contributed by atoms with Gasteiger partial charge in [-0.1, -0.05) is 183 Å². The molecule has 310 valence electrons. The van der Waals surface area contributed by atoms with Gasteiger partial charge >= 0.3 is 19.8 Å². The lowest BCUT2D eigenvalue weighted by molar-refractivity contribution is -0.161. The smallest absolute Gasteiger partial charge is 0.462 e. The van der Waals surface area contributed by atoms with Gasteiger partial charge in [-0.3, -0.25) is 18.6 Å². The summed E-state index contributed by atoms with van der Waals surface area (Å²) in [5.74, 6) is -0.902. The zero-order valence-corrected chi connectivity index (χ0v) is 35.2. The van der Waals surface area contributed by atoms with Crippen LogP contribution in [-0.4, -0.2) is 43.3 Å². The van der Waals surface area contributed by atoms with Crippen molar-refractivity contribution in [2.45, 2.75) is 180 Å². The highest BCUT2D eigenvalue weighted by atomic mass is 31.2. The Morgan fingerprint density at radius 2 is 0.944 bits per heavy atom. The van der Waals surface area contributed by atoms with Crippen LogP contribution in [0.4, 0.5) is 0 Å². The number of carbonyl (C=O) groups is 2. The minimum Gasteiger partial charge on any atom is -0.462 e. The summed E-state index contributed by atoms with van der Waals surface area (Å²) < 4.78 is 31.9. The quantitative estimate of drug-likeness (QED) is 0.0286. The molecule has 0 aromatic carbocycles. The highest BCUT2D eigenvalue weighted by Gasteiger charge is 2.24. The number of rotatable bonds is 38. The number of ether oxygens (including phenoxy) is 2. The summed E-state index contributed by atoms with van der Waals surface area (Å²) in [6.07, 6.45) is 51.1. The van der Waals surface area contributed by atoms with Gasteiger partial charge in [-0.2, -0.15) is 0 Å². The van der Waals surface area contributed by atoms with E-state index >= 15 is 0 Å². The standard InChI is InChI=1S/C45H77O8P/c1-4-6-8-10-12-14-16-18-20-22-23-24-26-28-30-32-34-36-38-40-45(47)53-43(42-52-54(48,49)50-3)41-51-44(46)39-37-35-33-31-29-27-25-21-19-17-15-13-11-9-7-5-2/h6,8,12,14,18,20,23-24,28,30,34,36,43H,4-5,7,9-11,13,15-17,19,21-22,25-27,29,31-33,35,37-42H2,1-3H3,(H,48,49)/b8-6-,14-12-,20-18-,24-23-,30-28-,36-34-. The SMILES string of the molecule is CC/C=C\C/C=C\C/C=C\C/C=C\C/C=C\C/C=C\CCC(=O)OC(COC(=O)CCCCCCCCCCCCCCCCCC)COP(=O)(O)OC. The van der Waals surface area contributed by atoms with Crippen molar-refractivity contribution < 1.29 is 37.6 Å². The van der Waals surface area contributed by atoms with E-state index in [4.69, 9.17) is 14.0 Å². The van der Waals surface area contributed by atoms with Crippen LogP contribution in [0.2, 0.25) is 0 Å². The summed E-state index contributed by atoms with van der Waals surface area (Å²) in [5, 5.41) is 0. The van der Waals surface area contributed by atoms with Crippen molar-refractivity contribution in [1.82, 2.24) is 0 Å². The first-order valence-corrected chi connectivity index (χ1v) is 22.6. The summed E-state index contributed by atoms with van der Waals surface area (Å²) >= 11 is 0. The Morgan fingerprint density at radius 1 is 0.537 bits per heavy atom. The third-order valence-corrected chi connectivity index (χ3v) is 9.67. The Hall–Kier alpha value is -2.51. The van der Waals surface area contributed by atoms with Crippen molar-refractivity contribution in [1.29, 1.82) is 0 Å². The Bertz CT molecular complexity index is 1110. The Morgan fingerprint density at radius 3 is 1.37 bits per heavy atom. The third kappa shape index (κ3) is 39.2.